The number of ether oxygens (including phenoxy) is 1. The molecule has 2 bridgehead atoms. The Bertz CT molecular complexity index is 941. The van der Waals surface area contributed by atoms with Gasteiger partial charge in [0.05, 0.1) is 10.0 Å². The summed E-state index contributed by atoms with van der Waals surface area (Å²) in [6.45, 7) is 1.82. The zero-order valence-corrected chi connectivity index (χ0v) is 16.9. The summed E-state index contributed by atoms with van der Waals surface area (Å²) < 4.78 is 5.48. The molecule has 0 saturated heterocycles. The highest BCUT2D eigenvalue weighted by Crippen LogP contribution is 2.69. The van der Waals surface area contributed by atoms with Crippen LogP contribution in [0.15, 0.2) is 36.5 Å². The summed E-state index contributed by atoms with van der Waals surface area (Å²) in [6, 6.07) is 8.61. The van der Waals surface area contributed by atoms with Crippen molar-refractivity contribution in [3.8, 4) is 5.75 Å². The Kier molecular flexibility index (Phi) is 4.84. The Morgan fingerprint density at radius 1 is 1.18 bits per heavy atom. The van der Waals surface area contributed by atoms with Crippen LogP contribution in [0.1, 0.15) is 41.7 Å². The normalized spacial score (nSPS) is 24.7. The molecule has 0 spiro atoms. The van der Waals surface area contributed by atoms with Gasteiger partial charge < -0.3 is 10.1 Å². The smallest absolute Gasteiger partial charge is 0.258 e. The van der Waals surface area contributed by atoms with E-state index in [4.69, 9.17) is 27.9 Å². The standard InChI is InChI=1S/C21H20Cl2N2O3/c1-13-3-2-6-24-19(13)17(26)8-20-10-21(11-20,12-20)25-18(27)9-28-14-4-5-15(22)16(23)7-14/h2-7H,8-12H2,1H3,(H,25,27). The molecule has 1 aromatic carbocycles. The Morgan fingerprint density at radius 3 is 2.61 bits per heavy atom. The van der Waals surface area contributed by atoms with E-state index in [1.807, 2.05) is 19.1 Å². The SMILES string of the molecule is Cc1cccnc1C(=O)CC12CC(NC(=O)COc3ccc(Cl)c(Cl)c3)(C1)C2. The molecule has 5 nitrogen and oxygen atoms in total. The van der Waals surface area contributed by atoms with E-state index in [2.05, 4.69) is 10.3 Å². The molecule has 0 unspecified atom stereocenters. The molecule has 5 rings (SSSR count). The largest absolute Gasteiger partial charge is 0.484 e. The number of rotatable bonds is 7. The molecule has 3 aliphatic rings. The number of carbonyl (C=O) groups is 2. The molecule has 146 valence electrons. The Balaban J connectivity index is 1.25. The molecule has 3 saturated carbocycles. The van der Waals surface area contributed by atoms with Gasteiger partial charge in [-0.2, -0.15) is 0 Å². The monoisotopic (exact) mass is 418 g/mol. The summed E-state index contributed by atoms with van der Waals surface area (Å²) in [5, 5.41) is 3.88. The van der Waals surface area contributed by atoms with Gasteiger partial charge >= 0.3 is 0 Å². The summed E-state index contributed by atoms with van der Waals surface area (Å²) in [4.78, 5) is 29.0. The van der Waals surface area contributed by atoms with Gasteiger partial charge in [0.1, 0.15) is 11.4 Å². The second kappa shape index (κ2) is 7.05. The second-order valence-electron chi connectivity index (χ2n) is 7.99. The molecule has 2 aromatic rings. The fraction of sp³-hybridized carbons (Fsp3) is 0.381. The van der Waals surface area contributed by atoms with Gasteiger partial charge in [0.25, 0.3) is 5.91 Å². The van der Waals surface area contributed by atoms with Gasteiger partial charge in [-0.1, -0.05) is 29.3 Å². The quantitative estimate of drug-likeness (QED) is 0.676. The van der Waals surface area contributed by atoms with Crippen molar-refractivity contribution in [3.63, 3.8) is 0 Å². The number of amides is 1. The van der Waals surface area contributed by atoms with Gasteiger partial charge in [-0.25, -0.2) is 0 Å². The zero-order valence-electron chi connectivity index (χ0n) is 15.4. The van der Waals surface area contributed by atoms with E-state index >= 15 is 0 Å². The van der Waals surface area contributed by atoms with Crippen LogP contribution >= 0.6 is 23.2 Å². The van der Waals surface area contributed by atoms with Gasteiger partial charge in [-0.05, 0) is 55.4 Å². The van der Waals surface area contributed by atoms with E-state index in [9.17, 15) is 9.59 Å². The lowest BCUT2D eigenvalue weighted by Crippen LogP contribution is -2.75. The first kappa shape index (κ1) is 19.2. The molecule has 0 atom stereocenters. The van der Waals surface area contributed by atoms with E-state index < -0.39 is 0 Å². The highest BCUT2D eigenvalue weighted by molar-refractivity contribution is 6.42. The number of nitrogens with zero attached hydrogens (tertiary/aromatic N) is 1. The summed E-state index contributed by atoms with van der Waals surface area (Å²) in [7, 11) is 0. The molecular formula is C21H20Cl2N2O3. The zero-order chi connectivity index (χ0) is 19.9. The van der Waals surface area contributed by atoms with Gasteiger partial charge in [0.15, 0.2) is 12.4 Å². The molecule has 0 aliphatic heterocycles. The van der Waals surface area contributed by atoms with Crippen LogP contribution in [0.2, 0.25) is 10.0 Å². The summed E-state index contributed by atoms with van der Waals surface area (Å²) >= 11 is 11.8. The number of nitrogens with one attached hydrogen (secondary N) is 1. The molecule has 1 heterocycles. The minimum absolute atomic E-state index is 0.0128. The van der Waals surface area contributed by atoms with Crippen molar-refractivity contribution in [2.24, 2.45) is 5.41 Å². The first-order valence-electron chi connectivity index (χ1n) is 9.14. The molecule has 7 heteroatoms. The van der Waals surface area contributed by atoms with Gasteiger partial charge in [0, 0.05) is 24.2 Å². The highest BCUT2D eigenvalue weighted by Gasteiger charge is 2.68. The predicted octanol–water partition coefficient (Wildman–Crippen LogP) is 4.39. The average Bonchev–Trinajstić information content (AvgIpc) is 2.60. The Morgan fingerprint density at radius 2 is 1.93 bits per heavy atom. The molecule has 28 heavy (non-hydrogen) atoms. The highest BCUT2D eigenvalue weighted by atomic mass is 35.5. The van der Waals surface area contributed by atoms with Crippen LogP contribution < -0.4 is 10.1 Å². The number of Topliss-reactive ketones (excluding diaryl/α,β-unsaturated/α-hetero) is 1. The number of aromatic nitrogens is 1. The number of hydrogen-bond acceptors (Lipinski definition) is 4. The third-order valence-corrected chi connectivity index (χ3v) is 6.35. The number of carbonyl (C=O) groups excluding carboxylic acids is 2. The summed E-state index contributed by atoms with van der Waals surface area (Å²) in [5.41, 5.74) is 1.29. The van der Waals surface area contributed by atoms with Gasteiger partial charge in [-0.15, -0.1) is 0 Å². The maximum absolute atomic E-state index is 12.5. The third kappa shape index (κ3) is 3.61. The maximum Gasteiger partial charge on any atom is 0.258 e. The third-order valence-electron chi connectivity index (χ3n) is 5.61. The van der Waals surface area contributed by atoms with Crippen LogP contribution in [-0.4, -0.2) is 28.8 Å². The molecule has 3 fully saturated rings. The Hall–Kier alpha value is -2.11. The molecule has 0 radical (unpaired) electrons. The number of benzene rings is 1. The lowest BCUT2D eigenvalue weighted by Gasteiger charge is -2.70. The van der Waals surface area contributed by atoms with E-state index in [0.717, 1.165) is 24.8 Å². The van der Waals surface area contributed by atoms with Crippen LogP contribution in [0, 0.1) is 12.3 Å². The van der Waals surface area contributed by atoms with Crippen molar-refractivity contribution in [2.75, 3.05) is 6.61 Å². The fourth-order valence-electron chi connectivity index (χ4n) is 4.57. The fourth-order valence-corrected chi connectivity index (χ4v) is 4.86. The van der Waals surface area contributed by atoms with Crippen LogP contribution in [-0.2, 0) is 4.79 Å². The van der Waals surface area contributed by atoms with E-state index in [1.54, 1.807) is 24.4 Å². The summed E-state index contributed by atoms with van der Waals surface area (Å²) in [5.74, 6) is 0.405. The van der Waals surface area contributed by atoms with Gasteiger partial charge in [-0.3, -0.25) is 14.6 Å². The molecule has 1 amide bonds. The average molecular weight is 419 g/mol. The van der Waals surface area contributed by atoms with E-state index in [0.29, 0.717) is 27.9 Å². The molecular weight excluding hydrogens is 399 g/mol. The topological polar surface area (TPSA) is 68.3 Å². The summed E-state index contributed by atoms with van der Waals surface area (Å²) in [6.07, 6.45) is 4.63. The first-order chi connectivity index (χ1) is 13.3. The number of ketones is 1. The maximum atomic E-state index is 12.5. The molecule has 1 N–H and O–H groups in total. The Labute approximate surface area is 173 Å². The number of pyridine rings is 1. The van der Waals surface area contributed by atoms with Gasteiger partial charge in [0.2, 0.25) is 0 Å². The van der Waals surface area contributed by atoms with Crippen LogP contribution in [0.25, 0.3) is 0 Å². The predicted molar refractivity (Wildman–Crippen MR) is 107 cm³/mol. The van der Waals surface area contributed by atoms with Crippen LogP contribution in [0.4, 0.5) is 0 Å². The van der Waals surface area contributed by atoms with E-state index in [-0.39, 0.29) is 29.3 Å². The lowest BCUT2D eigenvalue weighted by molar-refractivity contribution is -0.164. The van der Waals surface area contributed by atoms with Crippen LogP contribution in [0.5, 0.6) is 5.75 Å². The minimum atomic E-state index is -0.183. The van der Waals surface area contributed by atoms with Crippen molar-refractivity contribution in [1.29, 1.82) is 0 Å². The molecule has 3 aliphatic carbocycles. The number of aryl methyl sites for hydroxylation is 1. The number of hydrogen-bond donors (Lipinski definition) is 1. The minimum Gasteiger partial charge on any atom is -0.484 e. The van der Waals surface area contributed by atoms with Crippen molar-refractivity contribution < 1.29 is 14.3 Å². The van der Waals surface area contributed by atoms with Crippen molar-refractivity contribution in [1.82, 2.24) is 10.3 Å². The van der Waals surface area contributed by atoms with Crippen LogP contribution in [0.3, 0.4) is 0 Å². The van der Waals surface area contributed by atoms with Crippen molar-refractivity contribution in [2.45, 2.75) is 38.1 Å². The number of halogens is 2. The van der Waals surface area contributed by atoms with Crippen molar-refractivity contribution >= 4 is 34.9 Å². The first-order valence-corrected chi connectivity index (χ1v) is 9.89. The van der Waals surface area contributed by atoms with E-state index in [1.165, 1.54) is 0 Å². The lowest BCUT2D eigenvalue weighted by atomic mass is 9.38. The second-order valence-corrected chi connectivity index (χ2v) is 8.81. The van der Waals surface area contributed by atoms with Crippen molar-refractivity contribution in [3.05, 3.63) is 57.8 Å². The molecule has 1 aromatic heterocycles.